The minimum absolute atomic E-state index is 0.109. The molecule has 1 atom stereocenters. The Morgan fingerprint density at radius 1 is 1.19 bits per heavy atom. The summed E-state index contributed by atoms with van der Waals surface area (Å²) in [6.45, 7) is 5.81. The average molecular weight is 238 g/mol. The van der Waals surface area contributed by atoms with E-state index in [0.717, 1.165) is 0 Å². The molecule has 0 aliphatic carbocycles. The number of rotatable bonds is 5. The van der Waals surface area contributed by atoms with E-state index in [0.29, 0.717) is 5.75 Å². The SMILES string of the molecule is CC(C)O[SiH2]C(C)C(=O)Oc1ccccc1. The van der Waals surface area contributed by atoms with Gasteiger partial charge in [0.1, 0.15) is 5.75 Å². The molecule has 0 radical (unpaired) electrons. The van der Waals surface area contributed by atoms with Crippen molar-refractivity contribution in [2.75, 3.05) is 0 Å². The lowest BCUT2D eigenvalue weighted by atomic mass is 10.3. The van der Waals surface area contributed by atoms with Crippen LogP contribution < -0.4 is 4.74 Å². The molecule has 1 rings (SSSR count). The van der Waals surface area contributed by atoms with E-state index in [9.17, 15) is 4.79 Å². The van der Waals surface area contributed by atoms with Gasteiger partial charge in [-0.15, -0.1) is 0 Å². The van der Waals surface area contributed by atoms with Crippen LogP contribution in [0.25, 0.3) is 0 Å². The van der Waals surface area contributed by atoms with Gasteiger partial charge in [0.2, 0.25) is 0 Å². The van der Waals surface area contributed by atoms with Gasteiger partial charge in [0, 0.05) is 6.10 Å². The fourth-order valence-corrected chi connectivity index (χ4v) is 2.00. The van der Waals surface area contributed by atoms with Crippen molar-refractivity contribution < 1.29 is 14.0 Å². The Hall–Kier alpha value is -1.13. The maximum Gasteiger partial charge on any atom is 0.313 e. The first kappa shape index (κ1) is 12.9. The number of carbonyl (C=O) groups is 1. The first-order valence-electron chi connectivity index (χ1n) is 5.48. The highest BCUT2D eigenvalue weighted by molar-refractivity contribution is 6.36. The van der Waals surface area contributed by atoms with E-state index in [-0.39, 0.29) is 17.6 Å². The third-order valence-electron chi connectivity index (χ3n) is 2.04. The highest BCUT2D eigenvalue weighted by atomic mass is 28.2. The van der Waals surface area contributed by atoms with E-state index in [1.54, 1.807) is 12.1 Å². The van der Waals surface area contributed by atoms with Gasteiger partial charge in [-0.3, -0.25) is 4.79 Å². The van der Waals surface area contributed by atoms with Crippen molar-refractivity contribution in [3.05, 3.63) is 30.3 Å². The van der Waals surface area contributed by atoms with Crippen LogP contribution in [0.3, 0.4) is 0 Å². The number of hydrogen-bond acceptors (Lipinski definition) is 3. The molecule has 0 saturated heterocycles. The van der Waals surface area contributed by atoms with Crippen molar-refractivity contribution in [2.24, 2.45) is 0 Å². The third kappa shape index (κ3) is 4.59. The molecule has 3 nitrogen and oxygen atoms in total. The van der Waals surface area contributed by atoms with E-state index in [4.69, 9.17) is 9.16 Å². The lowest BCUT2D eigenvalue weighted by molar-refractivity contribution is -0.134. The fraction of sp³-hybridized carbons (Fsp3) is 0.417. The Bertz CT molecular complexity index is 324. The quantitative estimate of drug-likeness (QED) is 0.446. The van der Waals surface area contributed by atoms with Gasteiger partial charge in [0.15, 0.2) is 9.76 Å². The van der Waals surface area contributed by atoms with Gasteiger partial charge in [0.25, 0.3) is 0 Å². The van der Waals surface area contributed by atoms with Gasteiger partial charge in [-0.1, -0.05) is 25.1 Å². The van der Waals surface area contributed by atoms with E-state index in [1.807, 2.05) is 39.0 Å². The van der Waals surface area contributed by atoms with Crippen molar-refractivity contribution >= 4 is 15.7 Å². The van der Waals surface area contributed by atoms with Crippen molar-refractivity contribution in [1.29, 1.82) is 0 Å². The van der Waals surface area contributed by atoms with Crippen molar-refractivity contribution in [1.82, 2.24) is 0 Å². The van der Waals surface area contributed by atoms with Crippen LogP contribution in [0.15, 0.2) is 30.3 Å². The summed E-state index contributed by atoms with van der Waals surface area (Å²) in [6.07, 6.45) is 0.193. The van der Waals surface area contributed by atoms with Gasteiger partial charge in [0.05, 0.1) is 5.54 Å². The molecule has 88 valence electrons. The van der Waals surface area contributed by atoms with Crippen LogP contribution in [-0.2, 0) is 9.22 Å². The molecule has 0 N–H and O–H groups in total. The predicted molar refractivity (Wildman–Crippen MR) is 66.3 cm³/mol. The summed E-state index contributed by atoms with van der Waals surface area (Å²) in [5.74, 6) is 0.399. The molecule has 1 aromatic rings. The fourth-order valence-electron chi connectivity index (χ4n) is 1.11. The Labute approximate surface area is 98.7 Å². The summed E-state index contributed by atoms with van der Waals surface area (Å²) in [7, 11) is -0.850. The first-order valence-corrected chi connectivity index (χ1v) is 6.87. The van der Waals surface area contributed by atoms with Gasteiger partial charge >= 0.3 is 5.97 Å². The summed E-state index contributed by atoms with van der Waals surface area (Å²) in [6, 6.07) is 9.12. The standard InChI is InChI=1S/C12H18O3Si/c1-9(2)15-16-10(3)12(13)14-11-7-5-4-6-8-11/h4-10H,16H2,1-3H3. The number of esters is 1. The number of benzene rings is 1. The van der Waals surface area contributed by atoms with E-state index in [1.165, 1.54) is 0 Å². The molecule has 1 unspecified atom stereocenters. The van der Waals surface area contributed by atoms with Gasteiger partial charge < -0.3 is 9.16 Å². The summed E-state index contributed by atoms with van der Waals surface area (Å²) in [4.78, 5) is 11.7. The monoisotopic (exact) mass is 238 g/mol. The molecule has 0 bridgehead atoms. The molecule has 0 aliphatic heterocycles. The van der Waals surface area contributed by atoms with Crippen molar-refractivity contribution in [3.8, 4) is 5.75 Å². The van der Waals surface area contributed by atoms with Crippen molar-refractivity contribution in [2.45, 2.75) is 32.4 Å². The van der Waals surface area contributed by atoms with Crippen LogP contribution in [0.2, 0.25) is 5.54 Å². The smallest absolute Gasteiger partial charge is 0.313 e. The minimum Gasteiger partial charge on any atom is -0.426 e. The van der Waals surface area contributed by atoms with Crippen LogP contribution >= 0.6 is 0 Å². The minimum atomic E-state index is -0.850. The zero-order chi connectivity index (χ0) is 12.0. The van der Waals surface area contributed by atoms with Crippen LogP contribution in [0.1, 0.15) is 20.8 Å². The summed E-state index contributed by atoms with van der Waals surface area (Å²) in [5, 5.41) is 0. The zero-order valence-electron chi connectivity index (χ0n) is 9.97. The predicted octanol–water partition coefficient (Wildman–Crippen LogP) is 1.91. The molecule has 0 aliphatic rings. The molecular weight excluding hydrogens is 220 g/mol. The summed E-state index contributed by atoms with van der Waals surface area (Å²) in [5.41, 5.74) is -0.109. The van der Waals surface area contributed by atoms with E-state index >= 15 is 0 Å². The van der Waals surface area contributed by atoms with Crippen LogP contribution in [0, 0.1) is 0 Å². The summed E-state index contributed by atoms with van der Waals surface area (Å²) >= 11 is 0. The molecule has 0 saturated carbocycles. The molecule has 0 aromatic heterocycles. The van der Waals surface area contributed by atoms with E-state index < -0.39 is 9.76 Å². The van der Waals surface area contributed by atoms with E-state index in [2.05, 4.69) is 0 Å². The molecule has 0 fully saturated rings. The molecule has 16 heavy (non-hydrogen) atoms. The molecule has 0 amide bonds. The lowest BCUT2D eigenvalue weighted by Crippen LogP contribution is -2.22. The van der Waals surface area contributed by atoms with Crippen LogP contribution in [-0.4, -0.2) is 21.8 Å². The first-order chi connectivity index (χ1) is 7.59. The normalized spacial score (nSPS) is 13.2. The Balaban J connectivity index is 2.40. The summed E-state index contributed by atoms with van der Waals surface area (Å²) < 4.78 is 10.7. The Morgan fingerprint density at radius 3 is 2.38 bits per heavy atom. The lowest BCUT2D eigenvalue weighted by Gasteiger charge is -2.12. The maximum atomic E-state index is 11.7. The zero-order valence-corrected chi connectivity index (χ0v) is 11.4. The third-order valence-corrected chi connectivity index (χ3v) is 3.74. The molecule has 0 spiro atoms. The molecule has 4 heteroatoms. The Morgan fingerprint density at radius 2 is 1.81 bits per heavy atom. The molecular formula is C12H18O3Si. The Kier molecular flexibility index (Phi) is 5.21. The highest BCUT2D eigenvalue weighted by Gasteiger charge is 2.16. The molecule has 1 aromatic carbocycles. The van der Waals surface area contributed by atoms with Gasteiger partial charge in [-0.05, 0) is 26.0 Å². The second kappa shape index (κ2) is 6.45. The van der Waals surface area contributed by atoms with Gasteiger partial charge in [-0.2, -0.15) is 0 Å². The largest absolute Gasteiger partial charge is 0.426 e. The average Bonchev–Trinajstić information content (AvgIpc) is 2.27. The number of para-hydroxylation sites is 1. The van der Waals surface area contributed by atoms with Gasteiger partial charge in [-0.25, -0.2) is 0 Å². The second-order valence-corrected chi connectivity index (χ2v) is 5.91. The van der Waals surface area contributed by atoms with Crippen molar-refractivity contribution in [3.63, 3.8) is 0 Å². The number of carbonyl (C=O) groups excluding carboxylic acids is 1. The topological polar surface area (TPSA) is 35.5 Å². The highest BCUT2D eigenvalue weighted by Crippen LogP contribution is 2.13. The maximum absolute atomic E-state index is 11.7. The second-order valence-electron chi connectivity index (χ2n) is 4.02. The van der Waals surface area contributed by atoms with Crippen LogP contribution in [0.4, 0.5) is 0 Å². The number of ether oxygens (including phenoxy) is 1. The molecule has 0 heterocycles. The van der Waals surface area contributed by atoms with Crippen LogP contribution in [0.5, 0.6) is 5.75 Å². The number of hydrogen-bond donors (Lipinski definition) is 0.